The van der Waals surface area contributed by atoms with Crippen LogP contribution in [0.5, 0.6) is 0 Å². The second-order valence-electron chi connectivity index (χ2n) is 8.43. The molecule has 164 valence electrons. The van der Waals surface area contributed by atoms with Gasteiger partial charge in [0, 0.05) is 11.0 Å². The highest BCUT2D eigenvalue weighted by atomic mass is 79.9. The maximum atomic E-state index is 13.9. The number of halogens is 2. The number of alkyl carbamates (subject to hydrolysis) is 1. The van der Waals surface area contributed by atoms with Gasteiger partial charge in [0.15, 0.2) is 0 Å². The van der Waals surface area contributed by atoms with Crippen molar-refractivity contribution in [2.45, 2.75) is 45.5 Å². The first-order valence-electron chi connectivity index (χ1n) is 10.0. The molecule has 1 fully saturated rings. The van der Waals surface area contributed by atoms with Crippen LogP contribution in [0.25, 0.3) is 6.08 Å². The van der Waals surface area contributed by atoms with Gasteiger partial charge in [-0.2, -0.15) is 0 Å². The predicted molar refractivity (Wildman–Crippen MR) is 123 cm³/mol. The Hall–Kier alpha value is -2.16. The van der Waals surface area contributed by atoms with Crippen molar-refractivity contribution in [2.24, 2.45) is 0 Å². The van der Waals surface area contributed by atoms with E-state index in [9.17, 15) is 9.18 Å². The SMILES string of the molecule is CC1(C)OB(C(=Cc2cc(F)cc(Br)c2)CNC(=O)OCc2ccccc2)OC1(C)C. The van der Waals surface area contributed by atoms with Gasteiger partial charge in [0.1, 0.15) is 12.4 Å². The van der Waals surface area contributed by atoms with Gasteiger partial charge in [-0.3, -0.25) is 0 Å². The summed E-state index contributed by atoms with van der Waals surface area (Å²) in [5.74, 6) is -0.371. The molecule has 8 heteroatoms. The van der Waals surface area contributed by atoms with Gasteiger partial charge in [0.05, 0.1) is 11.2 Å². The molecule has 0 bridgehead atoms. The summed E-state index contributed by atoms with van der Waals surface area (Å²) < 4.78 is 32.0. The van der Waals surface area contributed by atoms with Crippen molar-refractivity contribution in [3.05, 3.63) is 75.4 Å². The smallest absolute Gasteiger partial charge is 0.445 e. The number of hydrogen-bond acceptors (Lipinski definition) is 4. The lowest BCUT2D eigenvalue weighted by molar-refractivity contribution is 0.00578. The molecule has 31 heavy (non-hydrogen) atoms. The van der Waals surface area contributed by atoms with E-state index in [1.54, 1.807) is 12.1 Å². The summed E-state index contributed by atoms with van der Waals surface area (Å²) >= 11 is 3.31. The molecule has 0 radical (unpaired) electrons. The average Bonchev–Trinajstić information content (AvgIpc) is 2.90. The fraction of sp³-hybridized carbons (Fsp3) is 0.348. The summed E-state index contributed by atoms with van der Waals surface area (Å²) in [5, 5.41) is 2.74. The van der Waals surface area contributed by atoms with Crippen LogP contribution >= 0.6 is 15.9 Å². The Morgan fingerprint density at radius 2 is 1.77 bits per heavy atom. The third kappa shape index (κ3) is 6.18. The standard InChI is InChI=1S/C23H26BBrFNO4/c1-22(2)23(3,4)31-24(30-22)18(10-17-11-19(25)13-20(26)12-17)14-27-21(28)29-15-16-8-6-5-7-9-16/h5-13H,14-15H2,1-4H3,(H,27,28). The summed E-state index contributed by atoms with van der Waals surface area (Å²) in [6.07, 6.45) is 1.19. The Labute approximate surface area is 191 Å². The molecule has 2 aromatic carbocycles. The van der Waals surface area contributed by atoms with E-state index in [1.165, 1.54) is 12.1 Å². The Morgan fingerprint density at radius 1 is 1.13 bits per heavy atom. The third-order valence-electron chi connectivity index (χ3n) is 5.44. The fourth-order valence-electron chi connectivity index (χ4n) is 3.02. The lowest BCUT2D eigenvalue weighted by atomic mass is 9.77. The van der Waals surface area contributed by atoms with Crippen molar-refractivity contribution in [3.8, 4) is 0 Å². The Bertz CT molecular complexity index is 929. The molecule has 2 aromatic rings. The molecule has 0 atom stereocenters. The summed E-state index contributed by atoms with van der Waals surface area (Å²) in [7, 11) is -0.693. The van der Waals surface area contributed by atoms with E-state index in [2.05, 4.69) is 21.2 Å². The maximum Gasteiger partial charge on any atom is 0.492 e. The molecule has 5 nitrogen and oxygen atoms in total. The van der Waals surface area contributed by atoms with E-state index in [1.807, 2.05) is 58.0 Å². The summed E-state index contributed by atoms with van der Waals surface area (Å²) in [4.78, 5) is 12.2. The predicted octanol–water partition coefficient (Wildman–Crippen LogP) is 5.53. The van der Waals surface area contributed by atoms with Crippen LogP contribution in [0.15, 0.2) is 58.5 Å². The van der Waals surface area contributed by atoms with Crippen LogP contribution in [-0.2, 0) is 20.7 Å². The van der Waals surface area contributed by atoms with E-state index in [4.69, 9.17) is 14.0 Å². The van der Waals surface area contributed by atoms with E-state index in [0.717, 1.165) is 5.56 Å². The molecule has 1 N–H and O–H groups in total. The van der Waals surface area contributed by atoms with Crippen molar-refractivity contribution < 1.29 is 23.2 Å². The van der Waals surface area contributed by atoms with Crippen molar-refractivity contribution in [3.63, 3.8) is 0 Å². The van der Waals surface area contributed by atoms with Crippen LogP contribution in [0.3, 0.4) is 0 Å². The quantitative estimate of drug-likeness (QED) is 0.542. The topological polar surface area (TPSA) is 56.8 Å². The van der Waals surface area contributed by atoms with Crippen molar-refractivity contribution in [1.82, 2.24) is 5.32 Å². The van der Waals surface area contributed by atoms with Crippen molar-refractivity contribution in [1.29, 1.82) is 0 Å². The number of rotatable bonds is 6. The monoisotopic (exact) mass is 489 g/mol. The second-order valence-corrected chi connectivity index (χ2v) is 9.34. The number of benzene rings is 2. The van der Waals surface area contributed by atoms with E-state index in [-0.39, 0.29) is 19.0 Å². The first kappa shape index (κ1) is 23.5. The molecule has 1 aliphatic heterocycles. The number of hydrogen-bond donors (Lipinski definition) is 1. The zero-order valence-corrected chi connectivity index (χ0v) is 19.7. The first-order valence-corrected chi connectivity index (χ1v) is 10.8. The van der Waals surface area contributed by atoms with Crippen LogP contribution < -0.4 is 5.32 Å². The van der Waals surface area contributed by atoms with Gasteiger partial charge >= 0.3 is 13.2 Å². The highest BCUT2D eigenvalue weighted by molar-refractivity contribution is 9.10. The molecule has 1 saturated heterocycles. The number of amides is 1. The van der Waals surface area contributed by atoms with Crippen LogP contribution in [0, 0.1) is 5.82 Å². The van der Waals surface area contributed by atoms with Crippen molar-refractivity contribution in [2.75, 3.05) is 6.54 Å². The lowest BCUT2D eigenvalue weighted by Crippen LogP contribution is -2.41. The van der Waals surface area contributed by atoms with E-state index < -0.39 is 24.4 Å². The zero-order chi connectivity index (χ0) is 22.6. The molecule has 1 amide bonds. The molecule has 0 aromatic heterocycles. The molecule has 0 spiro atoms. The van der Waals surface area contributed by atoms with Crippen LogP contribution in [0.4, 0.5) is 9.18 Å². The zero-order valence-electron chi connectivity index (χ0n) is 18.1. The van der Waals surface area contributed by atoms with Gasteiger partial charge < -0.3 is 19.4 Å². The molecular weight excluding hydrogens is 464 g/mol. The first-order chi connectivity index (χ1) is 14.6. The van der Waals surface area contributed by atoms with E-state index >= 15 is 0 Å². The minimum Gasteiger partial charge on any atom is -0.445 e. The number of nitrogens with one attached hydrogen (secondary N) is 1. The molecular formula is C23H26BBrFNO4. The summed E-state index contributed by atoms with van der Waals surface area (Å²) in [6.45, 7) is 8.09. The lowest BCUT2D eigenvalue weighted by Gasteiger charge is -2.32. The van der Waals surface area contributed by atoms with Crippen LogP contribution in [0.2, 0.25) is 0 Å². The Morgan fingerprint density at radius 3 is 2.39 bits per heavy atom. The fourth-order valence-corrected chi connectivity index (χ4v) is 3.50. The molecule has 3 rings (SSSR count). The van der Waals surface area contributed by atoms with Crippen molar-refractivity contribution >= 4 is 35.2 Å². The van der Waals surface area contributed by atoms with Crippen LogP contribution in [0.1, 0.15) is 38.8 Å². The second kappa shape index (κ2) is 9.55. The normalized spacial score (nSPS) is 17.5. The van der Waals surface area contributed by atoms with Gasteiger partial charge in [0.2, 0.25) is 0 Å². The van der Waals surface area contributed by atoms with Gasteiger partial charge in [-0.15, -0.1) is 0 Å². The number of carbonyl (C=O) groups excluding carboxylic acids is 1. The molecule has 0 unspecified atom stereocenters. The Balaban J connectivity index is 1.74. The molecule has 0 saturated carbocycles. The minimum atomic E-state index is -0.693. The van der Waals surface area contributed by atoms with Gasteiger partial charge in [0.25, 0.3) is 0 Å². The third-order valence-corrected chi connectivity index (χ3v) is 5.90. The largest absolute Gasteiger partial charge is 0.492 e. The highest BCUT2D eigenvalue weighted by Gasteiger charge is 2.52. The summed E-state index contributed by atoms with van der Waals surface area (Å²) in [6, 6.07) is 14.0. The highest BCUT2D eigenvalue weighted by Crippen LogP contribution is 2.38. The number of ether oxygens (including phenoxy) is 1. The molecule has 1 aliphatic rings. The van der Waals surface area contributed by atoms with Gasteiger partial charge in [-0.05, 0) is 62.5 Å². The van der Waals surface area contributed by atoms with Gasteiger partial charge in [-0.25, -0.2) is 9.18 Å². The summed E-state index contributed by atoms with van der Waals surface area (Å²) in [5.41, 5.74) is 1.06. The molecule has 0 aliphatic carbocycles. The number of carbonyl (C=O) groups is 1. The minimum absolute atomic E-state index is 0.124. The average molecular weight is 490 g/mol. The maximum absolute atomic E-state index is 13.9. The van der Waals surface area contributed by atoms with E-state index in [0.29, 0.717) is 15.5 Å². The Kier molecular flexibility index (Phi) is 7.24. The van der Waals surface area contributed by atoms with Crippen LogP contribution in [-0.4, -0.2) is 31.0 Å². The molecule has 1 heterocycles. The van der Waals surface area contributed by atoms with Gasteiger partial charge in [-0.1, -0.05) is 52.3 Å².